The summed E-state index contributed by atoms with van der Waals surface area (Å²) in [7, 11) is 1.58. The summed E-state index contributed by atoms with van der Waals surface area (Å²) in [6.45, 7) is 3.09. The van der Waals surface area contributed by atoms with Crippen molar-refractivity contribution in [2.24, 2.45) is 5.92 Å². The zero-order valence-corrected chi connectivity index (χ0v) is 13.7. The second kappa shape index (κ2) is 11.6. The molecule has 0 saturated heterocycles. The molecule has 1 unspecified atom stereocenters. The molecule has 0 saturated carbocycles. The highest BCUT2D eigenvalue weighted by atomic mass is 16.5. The molecule has 1 aromatic rings. The summed E-state index contributed by atoms with van der Waals surface area (Å²) in [4.78, 5) is 23.5. The summed E-state index contributed by atoms with van der Waals surface area (Å²) in [6.07, 6.45) is 0.656. The Hall–Kier alpha value is -1.92. The van der Waals surface area contributed by atoms with E-state index in [9.17, 15) is 9.59 Å². The first kappa shape index (κ1) is 19.1. The van der Waals surface area contributed by atoms with Crippen molar-refractivity contribution < 1.29 is 23.8 Å². The SMILES string of the molecule is COCCOCNC(=O)C(C)CCC(=O)OCc1ccccc1. The Labute approximate surface area is 137 Å². The van der Waals surface area contributed by atoms with Crippen molar-refractivity contribution in [2.75, 3.05) is 27.1 Å². The quantitative estimate of drug-likeness (QED) is 0.382. The number of esters is 1. The Balaban J connectivity index is 2.12. The van der Waals surface area contributed by atoms with E-state index in [1.807, 2.05) is 30.3 Å². The third-order valence-corrected chi connectivity index (χ3v) is 3.25. The van der Waals surface area contributed by atoms with E-state index in [-0.39, 0.29) is 37.6 Å². The third-order valence-electron chi connectivity index (χ3n) is 3.25. The van der Waals surface area contributed by atoms with Gasteiger partial charge in [-0.3, -0.25) is 9.59 Å². The van der Waals surface area contributed by atoms with E-state index in [2.05, 4.69) is 5.32 Å². The molecule has 0 aliphatic rings. The van der Waals surface area contributed by atoms with Crippen LogP contribution >= 0.6 is 0 Å². The van der Waals surface area contributed by atoms with Crippen LogP contribution in [0.4, 0.5) is 0 Å². The Morgan fingerprint density at radius 2 is 1.91 bits per heavy atom. The van der Waals surface area contributed by atoms with Gasteiger partial charge >= 0.3 is 5.97 Å². The fourth-order valence-electron chi connectivity index (χ4n) is 1.79. The molecule has 0 aliphatic heterocycles. The lowest BCUT2D eigenvalue weighted by atomic mass is 10.1. The minimum absolute atomic E-state index is 0.140. The van der Waals surface area contributed by atoms with Crippen LogP contribution in [-0.2, 0) is 30.4 Å². The summed E-state index contributed by atoms with van der Waals surface area (Å²) < 4.78 is 15.2. The van der Waals surface area contributed by atoms with Crippen LogP contribution in [0.15, 0.2) is 30.3 Å². The van der Waals surface area contributed by atoms with Crippen molar-refractivity contribution in [3.8, 4) is 0 Å². The van der Waals surface area contributed by atoms with E-state index in [1.54, 1.807) is 14.0 Å². The first-order valence-electron chi connectivity index (χ1n) is 7.67. The number of nitrogens with one attached hydrogen (secondary N) is 1. The minimum Gasteiger partial charge on any atom is -0.461 e. The molecule has 0 bridgehead atoms. The van der Waals surface area contributed by atoms with Crippen LogP contribution in [0, 0.1) is 5.92 Å². The first-order valence-corrected chi connectivity index (χ1v) is 7.67. The number of hydrogen-bond donors (Lipinski definition) is 1. The van der Waals surface area contributed by atoms with Crippen LogP contribution in [0.3, 0.4) is 0 Å². The Bertz CT molecular complexity index is 463. The van der Waals surface area contributed by atoms with Crippen molar-refractivity contribution in [3.63, 3.8) is 0 Å². The molecule has 1 aromatic carbocycles. The zero-order valence-electron chi connectivity index (χ0n) is 13.7. The van der Waals surface area contributed by atoms with Crippen molar-refractivity contribution in [1.82, 2.24) is 5.32 Å². The van der Waals surface area contributed by atoms with Gasteiger partial charge in [-0.15, -0.1) is 0 Å². The molecule has 6 heteroatoms. The average Bonchev–Trinajstić information content (AvgIpc) is 2.58. The Morgan fingerprint density at radius 1 is 1.17 bits per heavy atom. The molecule has 0 aliphatic carbocycles. The summed E-state index contributed by atoms with van der Waals surface area (Å²) in [5.41, 5.74) is 0.944. The van der Waals surface area contributed by atoms with Crippen LogP contribution in [0.25, 0.3) is 0 Å². The zero-order chi connectivity index (χ0) is 16.9. The van der Waals surface area contributed by atoms with Gasteiger partial charge in [-0.1, -0.05) is 37.3 Å². The van der Waals surface area contributed by atoms with Crippen LogP contribution in [0.5, 0.6) is 0 Å². The molecular weight excluding hydrogens is 298 g/mol. The van der Waals surface area contributed by atoms with E-state index >= 15 is 0 Å². The lowest BCUT2D eigenvalue weighted by Gasteiger charge is -2.12. The maximum absolute atomic E-state index is 11.8. The average molecular weight is 323 g/mol. The van der Waals surface area contributed by atoms with Gasteiger partial charge in [-0.25, -0.2) is 0 Å². The molecule has 23 heavy (non-hydrogen) atoms. The molecule has 1 amide bonds. The summed E-state index contributed by atoms with van der Waals surface area (Å²) in [5.74, 6) is -0.714. The monoisotopic (exact) mass is 323 g/mol. The molecule has 1 N–H and O–H groups in total. The Morgan fingerprint density at radius 3 is 2.61 bits per heavy atom. The second-order valence-electron chi connectivity index (χ2n) is 5.17. The van der Waals surface area contributed by atoms with Crippen LogP contribution in [0.1, 0.15) is 25.3 Å². The Kier molecular flexibility index (Phi) is 9.66. The van der Waals surface area contributed by atoms with Crippen LogP contribution < -0.4 is 5.32 Å². The first-order chi connectivity index (χ1) is 11.1. The number of amides is 1. The molecular formula is C17H25NO5. The van der Waals surface area contributed by atoms with Crippen molar-refractivity contribution in [2.45, 2.75) is 26.4 Å². The van der Waals surface area contributed by atoms with Gasteiger partial charge in [-0.05, 0) is 12.0 Å². The van der Waals surface area contributed by atoms with Gasteiger partial charge in [0.2, 0.25) is 5.91 Å². The molecule has 1 atom stereocenters. The number of rotatable bonds is 11. The maximum Gasteiger partial charge on any atom is 0.306 e. The summed E-state index contributed by atoms with van der Waals surface area (Å²) in [6, 6.07) is 9.49. The molecule has 1 rings (SSSR count). The second-order valence-corrected chi connectivity index (χ2v) is 5.17. The number of ether oxygens (including phenoxy) is 3. The summed E-state index contributed by atoms with van der Waals surface area (Å²) >= 11 is 0. The number of carbonyl (C=O) groups excluding carboxylic acids is 2. The van der Waals surface area contributed by atoms with Gasteiger partial charge < -0.3 is 19.5 Å². The van der Waals surface area contributed by atoms with E-state index in [1.165, 1.54) is 0 Å². The minimum atomic E-state index is -0.301. The highest BCUT2D eigenvalue weighted by molar-refractivity contribution is 5.79. The number of carbonyl (C=O) groups is 2. The molecule has 0 fully saturated rings. The standard InChI is InChI=1S/C17H25NO5/c1-14(17(20)18-13-22-11-10-21-2)8-9-16(19)23-12-15-6-4-3-5-7-15/h3-7,14H,8-13H2,1-2H3,(H,18,20). The predicted octanol–water partition coefficient (Wildman–Crippen LogP) is 1.88. The van der Waals surface area contributed by atoms with Crippen LogP contribution in [0.2, 0.25) is 0 Å². The third kappa shape index (κ3) is 8.95. The normalized spacial score (nSPS) is 11.7. The fraction of sp³-hybridized carbons (Fsp3) is 0.529. The number of benzene rings is 1. The van der Waals surface area contributed by atoms with Crippen molar-refractivity contribution >= 4 is 11.9 Å². The van der Waals surface area contributed by atoms with Gasteiger partial charge in [0.1, 0.15) is 13.3 Å². The number of methoxy groups -OCH3 is 1. The van der Waals surface area contributed by atoms with E-state index in [0.717, 1.165) is 5.56 Å². The molecule has 0 spiro atoms. The van der Waals surface area contributed by atoms with Gasteiger partial charge in [-0.2, -0.15) is 0 Å². The number of hydrogen-bond acceptors (Lipinski definition) is 5. The molecule has 0 aromatic heterocycles. The highest BCUT2D eigenvalue weighted by Crippen LogP contribution is 2.08. The maximum atomic E-state index is 11.8. The lowest BCUT2D eigenvalue weighted by molar-refractivity contribution is -0.145. The van der Waals surface area contributed by atoms with E-state index in [0.29, 0.717) is 19.6 Å². The van der Waals surface area contributed by atoms with Crippen LogP contribution in [-0.4, -0.2) is 38.9 Å². The lowest BCUT2D eigenvalue weighted by Crippen LogP contribution is -2.32. The van der Waals surface area contributed by atoms with E-state index < -0.39 is 0 Å². The topological polar surface area (TPSA) is 73.9 Å². The smallest absolute Gasteiger partial charge is 0.306 e. The predicted molar refractivity (Wildman–Crippen MR) is 85.5 cm³/mol. The van der Waals surface area contributed by atoms with Crippen molar-refractivity contribution in [3.05, 3.63) is 35.9 Å². The highest BCUT2D eigenvalue weighted by Gasteiger charge is 2.14. The largest absolute Gasteiger partial charge is 0.461 e. The molecule has 128 valence electrons. The van der Waals surface area contributed by atoms with Gasteiger partial charge in [0.25, 0.3) is 0 Å². The van der Waals surface area contributed by atoms with Gasteiger partial charge in [0.05, 0.1) is 13.2 Å². The van der Waals surface area contributed by atoms with E-state index in [4.69, 9.17) is 14.2 Å². The molecule has 0 radical (unpaired) electrons. The summed E-state index contributed by atoms with van der Waals surface area (Å²) in [5, 5.41) is 2.65. The van der Waals surface area contributed by atoms with Gasteiger partial charge in [0.15, 0.2) is 0 Å². The van der Waals surface area contributed by atoms with Crippen molar-refractivity contribution in [1.29, 1.82) is 0 Å². The fourth-order valence-corrected chi connectivity index (χ4v) is 1.79. The van der Waals surface area contributed by atoms with Gasteiger partial charge in [0, 0.05) is 19.4 Å². The molecule has 0 heterocycles. The molecule has 6 nitrogen and oxygen atoms in total.